The average molecular weight is 472 g/mol. The van der Waals surface area contributed by atoms with Crippen molar-refractivity contribution in [3.63, 3.8) is 0 Å². The van der Waals surface area contributed by atoms with Crippen molar-refractivity contribution >= 4 is 44.5 Å². The molecule has 0 spiro atoms. The van der Waals surface area contributed by atoms with Gasteiger partial charge in [-0.15, -0.1) is 0 Å². The predicted octanol–water partition coefficient (Wildman–Crippen LogP) is 3.00. The molecule has 0 bridgehead atoms. The van der Waals surface area contributed by atoms with Crippen molar-refractivity contribution in [2.24, 2.45) is 10.8 Å². The van der Waals surface area contributed by atoms with E-state index in [-0.39, 0.29) is 23.8 Å². The third-order valence-electron chi connectivity index (χ3n) is 4.14. The molecule has 24 heavy (non-hydrogen) atoms. The summed E-state index contributed by atoms with van der Waals surface area (Å²) in [6, 6.07) is 0. The third kappa shape index (κ3) is 6.44. The van der Waals surface area contributed by atoms with Crippen molar-refractivity contribution in [2.75, 3.05) is 12.9 Å². The van der Waals surface area contributed by atoms with Crippen LogP contribution in [0.4, 0.5) is 0 Å². The van der Waals surface area contributed by atoms with Gasteiger partial charge >= 0.3 is 5.97 Å². The third-order valence-corrected chi connectivity index (χ3v) is 5.55. The highest BCUT2D eigenvalue weighted by atomic mass is 127. The van der Waals surface area contributed by atoms with Gasteiger partial charge < -0.3 is 4.74 Å². The number of ether oxygens (including phenoxy) is 1. The van der Waals surface area contributed by atoms with E-state index < -0.39 is 21.6 Å². The zero-order valence-corrected chi connectivity index (χ0v) is 17.7. The van der Waals surface area contributed by atoms with E-state index >= 15 is 0 Å². The average Bonchev–Trinajstić information content (AvgIpc) is 2.32. The van der Waals surface area contributed by atoms with Gasteiger partial charge in [-0.25, -0.2) is 0 Å². The molecule has 8 heteroatoms. The molecule has 0 N–H and O–H groups in total. The van der Waals surface area contributed by atoms with Crippen LogP contribution in [-0.2, 0) is 28.6 Å². The predicted molar refractivity (Wildman–Crippen MR) is 99.2 cm³/mol. The van der Waals surface area contributed by atoms with E-state index in [1.54, 1.807) is 13.0 Å². The monoisotopic (exact) mass is 472 g/mol. The van der Waals surface area contributed by atoms with Crippen LogP contribution in [0.15, 0.2) is 9.66 Å². The van der Waals surface area contributed by atoms with E-state index in [1.165, 1.54) is 6.92 Å². The number of allylic oxidation sites excluding steroid dienone is 1. The summed E-state index contributed by atoms with van der Waals surface area (Å²) in [6.07, 6.45) is 3.22. The molecule has 138 valence electrons. The number of rotatable bonds is 6. The molecule has 0 unspecified atom stereocenters. The first-order chi connectivity index (χ1) is 10.8. The summed E-state index contributed by atoms with van der Waals surface area (Å²) in [7, 11) is -3.68. The topological polar surface area (TPSA) is 86.7 Å². The van der Waals surface area contributed by atoms with Crippen LogP contribution in [0, 0.1) is 10.8 Å². The molecular formula is C16H25IO6S. The fraction of sp³-hybridized carbons (Fsp3) is 0.750. The molecule has 0 saturated heterocycles. The zero-order chi connectivity index (χ0) is 18.8. The molecule has 1 aliphatic carbocycles. The highest BCUT2D eigenvalue weighted by molar-refractivity contribution is 14.1. The van der Waals surface area contributed by atoms with Gasteiger partial charge in [0.1, 0.15) is 12.4 Å². The molecule has 6 nitrogen and oxygen atoms in total. The lowest BCUT2D eigenvalue weighted by atomic mass is 9.62. The Balaban J connectivity index is 3.03. The van der Waals surface area contributed by atoms with Gasteiger partial charge in [0.2, 0.25) is 0 Å². The van der Waals surface area contributed by atoms with Gasteiger partial charge in [-0.05, 0) is 57.4 Å². The number of Topliss-reactive ketones (excluding diaryl/α,β-unsaturated/α-hetero) is 1. The summed E-state index contributed by atoms with van der Waals surface area (Å²) in [4.78, 5) is 23.6. The summed E-state index contributed by atoms with van der Waals surface area (Å²) < 4.78 is 34.2. The van der Waals surface area contributed by atoms with Crippen LogP contribution in [-0.4, -0.2) is 39.1 Å². The maximum absolute atomic E-state index is 12.8. The zero-order valence-electron chi connectivity index (χ0n) is 14.7. The van der Waals surface area contributed by atoms with E-state index in [1.807, 2.05) is 13.8 Å². The summed E-state index contributed by atoms with van der Waals surface area (Å²) >= 11 is 2.08. The number of carbonyl (C=O) groups excluding carboxylic acids is 2. The Kier molecular flexibility index (Phi) is 7.03. The van der Waals surface area contributed by atoms with Crippen LogP contribution in [0.1, 0.15) is 47.0 Å². The fourth-order valence-electron chi connectivity index (χ4n) is 2.85. The minimum atomic E-state index is -3.68. The standard InChI is InChI=1S/C16H25IO6S/c1-11(18)22-7-6-12(17)8-16(4)13(19)9-15(2,3)10-14(16)23-24(5,20)21/h6,14H,7-10H2,1-5H3/b12-6-/t14-,16-/m0/s1. The molecule has 0 heterocycles. The summed E-state index contributed by atoms with van der Waals surface area (Å²) in [5.41, 5.74) is -1.24. The number of carbonyl (C=O) groups is 2. The lowest BCUT2D eigenvalue weighted by molar-refractivity contribution is -0.143. The molecule has 0 aromatic heterocycles. The largest absolute Gasteiger partial charge is 0.462 e. The van der Waals surface area contributed by atoms with E-state index in [0.29, 0.717) is 19.3 Å². The van der Waals surface area contributed by atoms with Crippen LogP contribution in [0.25, 0.3) is 0 Å². The first kappa shape index (κ1) is 21.6. The van der Waals surface area contributed by atoms with Crippen LogP contribution >= 0.6 is 22.6 Å². The number of esters is 1. The smallest absolute Gasteiger partial charge is 0.302 e. The quantitative estimate of drug-likeness (QED) is 0.336. The van der Waals surface area contributed by atoms with Crippen LogP contribution < -0.4 is 0 Å². The molecule has 0 amide bonds. The molecule has 2 atom stereocenters. The molecule has 0 radical (unpaired) electrons. The molecular weight excluding hydrogens is 447 g/mol. The van der Waals surface area contributed by atoms with E-state index in [2.05, 4.69) is 22.6 Å². The van der Waals surface area contributed by atoms with Crippen LogP contribution in [0.2, 0.25) is 0 Å². The van der Waals surface area contributed by atoms with E-state index in [4.69, 9.17) is 8.92 Å². The molecule has 0 aromatic rings. The molecule has 0 aliphatic heterocycles. The maximum Gasteiger partial charge on any atom is 0.302 e. The molecule has 1 rings (SSSR count). The van der Waals surface area contributed by atoms with Crippen molar-refractivity contribution in [3.05, 3.63) is 9.66 Å². The van der Waals surface area contributed by atoms with Crippen molar-refractivity contribution in [3.8, 4) is 0 Å². The van der Waals surface area contributed by atoms with Crippen molar-refractivity contribution in [1.82, 2.24) is 0 Å². The minimum Gasteiger partial charge on any atom is -0.462 e. The Morgan fingerprint density at radius 3 is 2.46 bits per heavy atom. The summed E-state index contributed by atoms with van der Waals surface area (Å²) in [5.74, 6) is -0.391. The number of hydrogen-bond acceptors (Lipinski definition) is 6. The van der Waals surface area contributed by atoms with Gasteiger partial charge in [-0.2, -0.15) is 8.42 Å². The van der Waals surface area contributed by atoms with Gasteiger partial charge in [-0.3, -0.25) is 13.8 Å². The Labute approximate surface area is 157 Å². The molecule has 1 fully saturated rings. The highest BCUT2D eigenvalue weighted by Crippen LogP contribution is 2.48. The van der Waals surface area contributed by atoms with Gasteiger partial charge in [0.05, 0.1) is 17.8 Å². The Hall–Kier alpha value is -0.480. The fourth-order valence-corrected chi connectivity index (χ4v) is 4.53. The Bertz CT molecular complexity index is 637. The Morgan fingerprint density at radius 1 is 1.38 bits per heavy atom. The lowest BCUT2D eigenvalue weighted by Crippen LogP contribution is -2.50. The van der Waals surface area contributed by atoms with Gasteiger partial charge in [0.25, 0.3) is 10.1 Å². The number of ketones is 1. The SMILES string of the molecule is CC(=O)OC/C=C(\I)C[C@@]1(C)C(=O)CC(C)(C)C[C@@H]1OS(C)(=O)=O. The lowest BCUT2D eigenvalue weighted by Gasteiger charge is -2.45. The van der Waals surface area contributed by atoms with Crippen molar-refractivity contribution in [2.45, 2.75) is 53.1 Å². The maximum atomic E-state index is 12.8. The molecule has 1 saturated carbocycles. The highest BCUT2D eigenvalue weighted by Gasteiger charge is 2.51. The second kappa shape index (κ2) is 7.82. The van der Waals surface area contributed by atoms with Gasteiger partial charge in [0, 0.05) is 13.3 Å². The summed E-state index contributed by atoms with van der Waals surface area (Å²) in [5, 5.41) is 0. The van der Waals surface area contributed by atoms with Gasteiger partial charge in [0.15, 0.2) is 0 Å². The van der Waals surface area contributed by atoms with Crippen LogP contribution in [0.3, 0.4) is 0 Å². The second-order valence-electron chi connectivity index (χ2n) is 7.31. The molecule has 0 aromatic carbocycles. The van der Waals surface area contributed by atoms with Crippen LogP contribution in [0.5, 0.6) is 0 Å². The second-order valence-corrected chi connectivity index (χ2v) is 10.3. The number of hydrogen-bond donors (Lipinski definition) is 0. The molecule has 1 aliphatic rings. The summed E-state index contributed by atoms with van der Waals surface area (Å²) in [6.45, 7) is 7.07. The van der Waals surface area contributed by atoms with E-state index in [0.717, 1.165) is 9.84 Å². The Morgan fingerprint density at radius 2 is 1.96 bits per heavy atom. The minimum absolute atomic E-state index is 0.0116. The van der Waals surface area contributed by atoms with E-state index in [9.17, 15) is 18.0 Å². The first-order valence-electron chi connectivity index (χ1n) is 7.65. The van der Waals surface area contributed by atoms with Crippen molar-refractivity contribution < 1.29 is 26.9 Å². The van der Waals surface area contributed by atoms with Crippen molar-refractivity contribution in [1.29, 1.82) is 0 Å². The normalized spacial score (nSPS) is 27.8. The number of halogens is 1. The van der Waals surface area contributed by atoms with Gasteiger partial charge in [-0.1, -0.05) is 13.8 Å². The first-order valence-corrected chi connectivity index (χ1v) is 10.5.